The molecule has 4 rings (SSSR count). The van der Waals surface area contributed by atoms with E-state index in [1.54, 1.807) is 42.5 Å². The average Bonchev–Trinajstić information content (AvgIpc) is 2.85. The first-order chi connectivity index (χ1) is 11.6. The van der Waals surface area contributed by atoms with Crippen LogP contribution in [0.25, 0.3) is 22.2 Å². The second kappa shape index (κ2) is 5.03. The van der Waals surface area contributed by atoms with E-state index < -0.39 is 5.97 Å². The predicted molar refractivity (Wildman–Crippen MR) is 88.9 cm³/mol. The molecule has 5 nitrogen and oxygen atoms in total. The molecule has 0 spiro atoms. The van der Waals surface area contributed by atoms with E-state index >= 15 is 0 Å². The van der Waals surface area contributed by atoms with Gasteiger partial charge in [-0.1, -0.05) is 30.3 Å². The lowest BCUT2D eigenvalue weighted by Crippen LogP contribution is -2.01. The molecule has 0 atom stereocenters. The highest BCUT2D eigenvalue weighted by atomic mass is 16.4. The van der Waals surface area contributed by atoms with Crippen molar-refractivity contribution in [3.63, 3.8) is 0 Å². The highest BCUT2D eigenvalue weighted by Crippen LogP contribution is 2.36. The zero-order valence-electron chi connectivity index (χ0n) is 12.4. The lowest BCUT2D eigenvalue weighted by atomic mass is 10.0. The molecule has 2 aromatic carbocycles. The van der Waals surface area contributed by atoms with Crippen LogP contribution in [-0.2, 0) is 0 Å². The highest BCUT2D eigenvalue weighted by molar-refractivity contribution is 6.38. The second-order valence-electron chi connectivity index (χ2n) is 5.51. The number of aromatic nitrogens is 1. The Bertz CT molecular complexity index is 1070. The number of hydrogen-bond acceptors (Lipinski definition) is 4. The fourth-order valence-electron chi connectivity index (χ4n) is 2.90. The molecule has 0 amide bonds. The van der Waals surface area contributed by atoms with Crippen molar-refractivity contribution in [2.45, 2.75) is 0 Å². The summed E-state index contributed by atoms with van der Waals surface area (Å²) in [4.78, 5) is 28.0. The van der Waals surface area contributed by atoms with E-state index in [9.17, 15) is 14.7 Å². The van der Waals surface area contributed by atoms with Crippen molar-refractivity contribution < 1.29 is 19.8 Å². The third-order valence-electron chi connectivity index (χ3n) is 4.08. The van der Waals surface area contributed by atoms with E-state index in [0.717, 1.165) is 0 Å². The number of aliphatic hydroxyl groups is 1. The minimum Gasteiger partial charge on any atom is -0.506 e. The molecule has 1 aliphatic carbocycles. The molecule has 0 saturated carbocycles. The number of nitrogens with zero attached hydrogens (tertiary/aromatic N) is 1. The van der Waals surface area contributed by atoms with Gasteiger partial charge in [0.25, 0.3) is 0 Å². The molecule has 1 aliphatic rings. The largest absolute Gasteiger partial charge is 0.506 e. The molecule has 1 aromatic heterocycles. The van der Waals surface area contributed by atoms with Gasteiger partial charge in [0.05, 0.1) is 22.3 Å². The van der Waals surface area contributed by atoms with Gasteiger partial charge < -0.3 is 10.2 Å². The van der Waals surface area contributed by atoms with Crippen LogP contribution in [0.2, 0.25) is 0 Å². The Kier molecular flexibility index (Phi) is 2.96. The number of pyridine rings is 1. The van der Waals surface area contributed by atoms with Gasteiger partial charge in [-0.3, -0.25) is 4.79 Å². The van der Waals surface area contributed by atoms with Crippen molar-refractivity contribution >= 4 is 34.0 Å². The summed E-state index contributed by atoms with van der Waals surface area (Å²) in [6, 6.07) is 14.7. The molecule has 0 aliphatic heterocycles. The summed E-state index contributed by atoms with van der Waals surface area (Å²) in [7, 11) is 0. The van der Waals surface area contributed by atoms with Crippen molar-refractivity contribution in [1.29, 1.82) is 0 Å². The van der Waals surface area contributed by atoms with Crippen LogP contribution in [0.1, 0.15) is 32.0 Å². The van der Waals surface area contributed by atoms with Crippen LogP contribution in [0.4, 0.5) is 0 Å². The van der Waals surface area contributed by atoms with Crippen molar-refractivity contribution in [3.8, 4) is 0 Å². The number of carbonyl (C=O) groups is 2. The van der Waals surface area contributed by atoms with Crippen LogP contribution < -0.4 is 0 Å². The Hall–Kier alpha value is -3.47. The smallest absolute Gasteiger partial charge is 0.335 e. The molecular formula is C19H11NO4. The Morgan fingerprint density at radius 3 is 2.42 bits per heavy atom. The normalized spacial score (nSPS) is 13.4. The number of hydrogen-bond donors (Lipinski definition) is 2. The molecule has 2 N–H and O–H groups in total. The van der Waals surface area contributed by atoms with Crippen LogP contribution in [0.5, 0.6) is 0 Å². The molecule has 0 fully saturated rings. The minimum absolute atomic E-state index is 0.0791. The lowest BCUT2D eigenvalue weighted by molar-refractivity contribution is 0.0697. The van der Waals surface area contributed by atoms with Crippen LogP contribution in [-0.4, -0.2) is 26.9 Å². The van der Waals surface area contributed by atoms with Gasteiger partial charge >= 0.3 is 5.97 Å². The Morgan fingerprint density at radius 1 is 0.958 bits per heavy atom. The number of carboxylic acids is 1. The Labute approximate surface area is 136 Å². The second-order valence-corrected chi connectivity index (χ2v) is 5.51. The maximum absolute atomic E-state index is 12.6. The van der Waals surface area contributed by atoms with Crippen LogP contribution in [0, 0.1) is 0 Å². The monoisotopic (exact) mass is 317 g/mol. The number of fused-ring (bicyclic) bond motifs is 2. The average molecular weight is 317 g/mol. The molecule has 24 heavy (non-hydrogen) atoms. The Balaban J connectivity index is 1.86. The van der Waals surface area contributed by atoms with Crippen molar-refractivity contribution in [2.24, 2.45) is 0 Å². The third kappa shape index (κ3) is 1.99. The molecule has 5 heteroatoms. The van der Waals surface area contributed by atoms with Gasteiger partial charge in [0, 0.05) is 16.5 Å². The summed E-state index contributed by atoms with van der Waals surface area (Å²) in [6.45, 7) is 0. The van der Waals surface area contributed by atoms with Crippen molar-refractivity contribution in [1.82, 2.24) is 4.98 Å². The number of carbonyl (C=O) groups excluding carboxylic acids is 1. The summed E-state index contributed by atoms with van der Waals surface area (Å²) in [5.74, 6) is -1.36. The van der Waals surface area contributed by atoms with E-state index in [-0.39, 0.29) is 22.7 Å². The van der Waals surface area contributed by atoms with E-state index in [1.165, 1.54) is 12.1 Å². The van der Waals surface area contributed by atoms with Gasteiger partial charge in [-0.25, -0.2) is 9.78 Å². The number of rotatable bonds is 2. The molecule has 1 heterocycles. The number of ketones is 1. The van der Waals surface area contributed by atoms with Crippen LogP contribution in [0.3, 0.4) is 0 Å². The van der Waals surface area contributed by atoms with Gasteiger partial charge in [-0.05, 0) is 24.3 Å². The van der Waals surface area contributed by atoms with Gasteiger partial charge in [0.1, 0.15) is 5.76 Å². The first-order valence-corrected chi connectivity index (χ1v) is 7.28. The Morgan fingerprint density at radius 2 is 1.71 bits per heavy atom. The first kappa shape index (κ1) is 14.1. The van der Waals surface area contributed by atoms with E-state index in [2.05, 4.69) is 4.98 Å². The van der Waals surface area contributed by atoms with Gasteiger partial charge in [-0.2, -0.15) is 0 Å². The highest BCUT2D eigenvalue weighted by Gasteiger charge is 2.31. The van der Waals surface area contributed by atoms with Crippen molar-refractivity contribution in [2.75, 3.05) is 0 Å². The molecule has 0 saturated heterocycles. The lowest BCUT2D eigenvalue weighted by Gasteiger charge is -2.05. The topological polar surface area (TPSA) is 87.5 Å². The maximum Gasteiger partial charge on any atom is 0.335 e. The maximum atomic E-state index is 12.6. The number of allylic oxidation sites excluding steroid dienone is 1. The summed E-state index contributed by atoms with van der Waals surface area (Å²) in [5.41, 5.74) is 2.21. The van der Waals surface area contributed by atoms with Gasteiger partial charge in [0.15, 0.2) is 5.78 Å². The van der Waals surface area contributed by atoms with E-state index in [0.29, 0.717) is 27.7 Å². The summed E-state index contributed by atoms with van der Waals surface area (Å²) < 4.78 is 0. The van der Waals surface area contributed by atoms with Gasteiger partial charge in [0.2, 0.25) is 0 Å². The number of aromatic carboxylic acids is 1. The number of carboxylic acid groups (broad SMARTS) is 1. The quantitative estimate of drug-likeness (QED) is 0.754. The molecule has 0 bridgehead atoms. The fourth-order valence-corrected chi connectivity index (χ4v) is 2.90. The van der Waals surface area contributed by atoms with Crippen LogP contribution in [0.15, 0.2) is 54.6 Å². The zero-order valence-corrected chi connectivity index (χ0v) is 12.4. The van der Waals surface area contributed by atoms with E-state index in [4.69, 9.17) is 5.11 Å². The fraction of sp³-hybridized carbons (Fsp3) is 0. The predicted octanol–water partition coefficient (Wildman–Crippen LogP) is 3.56. The third-order valence-corrected chi connectivity index (χ3v) is 4.08. The SMILES string of the molecule is O=C(O)c1ccc2nc(C3=C(O)c4ccccc4C3=O)ccc2c1. The summed E-state index contributed by atoms with van der Waals surface area (Å²) >= 11 is 0. The molecular weight excluding hydrogens is 306 g/mol. The first-order valence-electron chi connectivity index (χ1n) is 7.28. The van der Waals surface area contributed by atoms with E-state index in [1.807, 2.05) is 0 Å². The summed E-state index contributed by atoms with van der Waals surface area (Å²) in [6.07, 6.45) is 0. The number of Topliss-reactive ketones (excluding diaryl/α,β-unsaturated/α-hetero) is 1. The number of aliphatic hydroxyl groups excluding tert-OH is 1. The number of benzene rings is 2. The van der Waals surface area contributed by atoms with Crippen LogP contribution >= 0.6 is 0 Å². The molecule has 116 valence electrons. The van der Waals surface area contributed by atoms with Crippen molar-refractivity contribution in [3.05, 3.63) is 77.0 Å². The summed E-state index contributed by atoms with van der Waals surface area (Å²) in [5, 5.41) is 20.1. The van der Waals surface area contributed by atoms with Gasteiger partial charge in [-0.15, -0.1) is 0 Å². The molecule has 0 radical (unpaired) electrons. The zero-order chi connectivity index (χ0) is 16.8. The minimum atomic E-state index is -1.01. The molecule has 0 unspecified atom stereocenters. The molecule has 3 aromatic rings. The standard InChI is InChI=1S/C19H11NO4/c21-17-12-3-1-2-4-13(12)18(22)16(17)15-8-5-10-9-11(19(23)24)6-7-14(10)20-15/h1-9,21H,(H,23,24).